The number of methoxy groups -OCH3 is 1. The Labute approximate surface area is 113 Å². The minimum absolute atomic E-state index is 0.244. The summed E-state index contributed by atoms with van der Waals surface area (Å²) in [4.78, 5) is 36.4. The lowest BCUT2D eigenvalue weighted by Gasteiger charge is -2.00. The van der Waals surface area contributed by atoms with Crippen LogP contribution in [0.15, 0.2) is 29.2 Å². The zero-order valence-electron chi connectivity index (χ0n) is 10.4. The number of carbonyl (C=O) groups excluding carboxylic acids is 1. The van der Waals surface area contributed by atoms with E-state index in [0.29, 0.717) is 11.1 Å². The van der Waals surface area contributed by atoms with E-state index < -0.39 is 17.4 Å². The van der Waals surface area contributed by atoms with Crippen LogP contribution in [0.3, 0.4) is 0 Å². The Bertz CT molecular complexity index is 823. The summed E-state index contributed by atoms with van der Waals surface area (Å²) in [7, 11) is 1.22. The maximum absolute atomic E-state index is 11.9. The lowest BCUT2D eigenvalue weighted by molar-refractivity contribution is -0.133. The third-order valence-electron chi connectivity index (χ3n) is 2.61. The summed E-state index contributed by atoms with van der Waals surface area (Å²) in [6, 6.07) is 4.54. The highest BCUT2D eigenvalue weighted by molar-refractivity contribution is 5.93. The summed E-state index contributed by atoms with van der Waals surface area (Å²) < 4.78 is 4.38. The van der Waals surface area contributed by atoms with Gasteiger partial charge in [0.05, 0.1) is 12.6 Å². The van der Waals surface area contributed by atoms with Gasteiger partial charge >= 0.3 is 11.9 Å². The van der Waals surface area contributed by atoms with Crippen LogP contribution in [-0.2, 0) is 9.53 Å². The second-order valence-corrected chi connectivity index (χ2v) is 3.84. The molecule has 0 radical (unpaired) electrons. The van der Waals surface area contributed by atoms with E-state index in [-0.39, 0.29) is 10.9 Å². The van der Waals surface area contributed by atoms with Crippen LogP contribution in [0, 0.1) is 11.8 Å². The molecular formula is C14H9NO5. The van der Waals surface area contributed by atoms with Crippen molar-refractivity contribution in [2.24, 2.45) is 0 Å². The molecule has 0 aliphatic heterocycles. The average Bonchev–Trinajstić information content (AvgIpc) is 2.44. The van der Waals surface area contributed by atoms with E-state index >= 15 is 0 Å². The minimum Gasteiger partial charge on any atom is -0.477 e. The molecule has 2 N–H and O–H groups in total. The molecule has 0 bridgehead atoms. The Morgan fingerprint density at radius 2 is 2.10 bits per heavy atom. The van der Waals surface area contributed by atoms with Crippen molar-refractivity contribution in [3.63, 3.8) is 0 Å². The number of nitrogens with one attached hydrogen (secondary N) is 1. The van der Waals surface area contributed by atoms with Crippen LogP contribution in [0.5, 0.6) is 0 Å². The zero-order valence-corrected chi connectivity index (χ0v) is 10.4. The van der Waals surface area contributed by atoms with Crippen molar-refractivity contribution in [1.29, 1.82) is 0 Å². The van der Waals surface area contributed by atoms with Crippen LogP contribution in [0.25, 0.3) is 10.9 Å². The van der Waals surface area contributed by atoms with Gasteiger partial charge in [0.25, 0.3) is 0 Å². The van der Waals surface area contributed by atoms with Crippen LogP contribution >= 0.6 is 0 Å². The first-order valence-electron chi connectivity index (χ1n) is 5.51. The number of aromatic carboxylic acids is 1. The van der Waals surface area contributed by atoms with Gasteiger partial charge in [-0.15, -0.1) is 0 Å². The molecule has 0 fully saturated rings. The molecule has 1 aromatic heterocycles. The van der Waals surface area contributed by atoms with Gasteiger partial charge in [0.15, 0.2) is 0 Å². The van der Waals surface area contributed by atoms with Gasteiger partial charge in [-0.3, -0.25) is 4.79 Å². The number of aromatic nitrogens is 1. The van der Waals surface area contributed by atoms with Gasteiger partial charge in [-0.05, 0) is 18.2 Å². The highest BCUT2D eigenvalue weighted by atomic mass is 16.5. The molecule has 0 saturated carbocycles. The van der Waals surface area contributed by atoms with Crippen molar-refractivity contribution < 1.29 is 19.4 Å². The number of aromatic amines is 1. The Kier molecular flexibility index (Phi) is 3.53. The zero-order chi connectivity index (χ0) is 14.7. The number of H-pyrrole nitrogens is 1. The first kappa shape index (κ1) is 13.4. The second-order valence-electron chi connectivity index (χ2n) is 3.84. The SMILES string of the molecule is COC(=O)C#Cc1ccc2c(=O)c(C(=O)O)c[nH]c2c1. The summed E-state index contributed by atoms with van der Waals surface area (Å²) >= 11 is 0. The van der Waals surface area contributed by atoms with E-state index in [1.165, 1.54) is 19.2 Å². The molecule has 2 rings (SSSR count). The van der Waals surface area contributed by atoms with Gasteiger partial charge in [0.2, 0.25) is 5.43 Å². The number of hydrogen-bond donors (Lipinski definition) is 2. The van der Waals surface area contributed by atoms with E-state index in [0.717, 1.165) is 6.20 Å². The van der Waals surface area contributed by atoms with Crippen molar-refractivity contribution in [3.05, 3.63) is 45.7 Å². The molecule has 0 unspecified atom stereocenters. The average molecular weight is 271 g/mol. The molecule has 0 saturated heterocycles. The van der Waals surface area contributed by atoms with Gasteiger partial charge in [0, 0.05) is 23.1 Å². The van der Waals surface area contributed by atoms with Gasteiger partial charge in [-0.1, -0.05) is 5.92 Å². The lowest BCUT2D eigenvalue weighted by Crippen LogP contribution is -2.15. The number of pyridine rings is 1. The molecule has 6 nitrogen and oxygen atoms in total. The van der Waals surface area contributed by atoms with Crippen molar-refractivity contribution in [2.75, 3.05) is 7.11 Å². The topological polar surface area (TPSA) is 96.5 Å². The molecular weight excluding hydrogens is 262 g/mol. The summed E-state index contributed by atoms with van der Waals surface area (Å²) in [5.41, 5.74) is 0.0444. The van der Waals surface area contributed by atoms with Crippen LogP contribution in [-0.4, -0.2) is 29.1 Å². The smallest absolute Gasteiger partial charge is 0.384 e. The lowest BCUT2D eigenvalue weighted by atomic mass is 10.1. The molecule has 100 valence electrons. The quantitative estimate of drug-likeness (QED) is 0.589. The van der Waals surface area contributed by atoms with Crippen LogP contribution in [0.1, 0.15) is 15.9 Å². The number of benzene rings is 1. The second kappa shape index (κ2) is 5.28. The molecule has 6 heteroatoms. The standard InChI is InChI=1S/C14H9NO5/c1-20-12(16)5-3-8-2-4-9-11(6-8)15-7-10(13(9)17)14(18)19/h2,4,6-7H,1H3,(H,15,17)(H,18,19). The van der Waals surface area contributed by atoms with E-state index in [4.69, 9.17) is 5.11 Å². The molecule has 0 spiro atoms. The van der Waals surface area contributed by atoms with Crippen molar-refractivity contribution >= 4 is 22.8 Å². The summed E-state index contributed by atoms with van der Waals surface area (Å²) in [5.74, 6) is 2.89. The number of carboxylic acids is 1. The Hall–Kier alpha value is -3.07. The maximum atomic E-state index is 11.9. The highest BCUT2D eigenvalue weighted by Gasteiger charge is 2.11. The fraction of sp³-hybridized carbons (Fsp3) is 0.0714. The van der Waals surface area contributed by atoms with Gasteiger partial charge in [0.1, 0.15) is 5.56 Å². The molecule has 1 aromatic carbocycles. The van der Waals surface area contributed by atoms with Crippen LogP contribution in [0.4, 0.5) is 0 Å². The first-order chi connectivity index (χ1) is 9.52. The van der Waals surface area contributed by atoms with Crippen LogP contribution < -0.4 is 5.43 Å². The summed E-state index contributed by atoms with van der Waals surface area (Å²) in [5, 5.41) is 9.10. The van der Waals surface area contributed by atoms with Crippen molar-refractivity contribution in [1.82, 2.24) is 4.98 Å². The Balaban J connectivity index is 2.54. The summed E-state index contributed by atoms with van der Waals surface area (Å²) in [6.07, 6.45) is 1.13. The minimum atomic E-state index is -1.29. The van der Waals surface area contributed by atoms with E-state index in [1.807, 2.05) is 0 Å². The molecule has 0 atom stereocenters. The fourth-order valence-electron chi connectivity index (χ4n) is 1.63. The number of hydrogen-bond acceptors (Lipinski definition) is 4. The monoisotopic (exact) mass is 271 g/mol. The van der Waals surface area contributed by atoms with Crippen molar-refractivity contribution in [2.45, 2.75) is 0 Å². The maximum Gasteiger partial charge on any atom is 0.384 e. The molecule has 0 amide bonds. The largest absolute Gasteiger partial charge is 0.477 e. The van der Waals surface area contributed by atoms with Crippen molar-refractivity contribution in [3.8, 4) is 11.8 Å². The van der Waals surface area contributed by atoms with E-state index in [1.54, 1.807) is 6.07 Å². The number of ether oxygens (including phenoxy) is 1. The molecule has 0 aliphatic rings. The van der Waals surface area contributed by atoms with Gasteiger partial charge in [-0.2, -0.15) is 0 Å². The number of carbonyl (C=O) groups is 2. The normalized spacial score (nSPS) is 9.65. The Morgan fingerprint density at radius 3 is 2.75 bits per heavy atom. The predicted molar refractivity (Wildman–Crippen MR) is 70.4 cm³/mol. The number of rotatable bonds is 1. The third kappa shape index (κ3) is 2.52. The number of carboxylic acid groups (broad SMARTS) is 1. The third-order valence-corrected chi connectivity index (χ3v) is 2.61. The highest BCUT2D eigenvalue weighted by Crippen LogP contribution is 2.10. The first-order valence-corrected chi connectivity index (χ1v) is 5.51. The van der Waals surface area contributed by atoms with Gasteiger partial charge in [-0.25, -0.2) is 9.59 Å². The van der Waals surface area contributed by atoms with E-state index in [9.17, 15) is 14.4 Å². The predicted octanol–water partition coefficient (Wildman–Crippen LogP) is 0.751. The molecule has 1 heterocycles. The molecule has 0 aliphatic carbocycles. The number of fused-ring (bicyclic) bond motifs is 1. The van der Waals surface area contributed by atoms with E-state index in [2.05, 4.69) is 21.6 Å². The van der Waals surface area contributed by atoms with Gasteiger partial charge < -0.3 is 14.8 Å². The Morgan fingerprint density at radius 1 is 1.35 bits per heavy atom. The summed E-state index contributed by atoms with van der Waals surface area (Å²) in [6.45, 7) is 0. The van der Waals surface area contributed by atoms with Crippen LogP contribution in [0.2, 0.25) is 0 Å². The molecule has 2 aromatic rings. The number of esters is 1. The fourth-order valence-corrected chi connectivity index (χ4v) is 1.63. The molecule has 20 heavy (non-hydrogen) atoms.